The minimum atomic E-state index is -3.64. The van der Waals surface area contributed by atoms with Crippen LogP contribution >= 0.6 is 0 Å². The zero-order valence-electron chi connectivity index (χ0n) is 10.1. The highest BCUT2D eigenvalue weighted by atomic mass is 32.2. The molecule has 1 aromatic rings. The number of benzene rings is 1. The Morgan fingerprint density at radius 3 is 2.41 bits per heavy atom. The largest absolute Gasteiger partial charge is 0.481 e. The molecule has 0 atom stereocenters. The minimum Gasteiger partial charge on any atom is -0.481 e. The Balaban J connectivity index is 3.24. The second-order valence-corrected chi connectivity index (χ2v) is 7.23. The van der Waals surface area contributed by atoms with E-state index in [1.807, 2.05) is 0 Å². The van der Waals surface area contributed by atoms with Crippen LogP contribution in [0.4, 0.5) is 0 Å². The molecular formula is C12H16O4S. The molecule has 0 saturated heterocycles. The third-order valence-electron chi connectivity index (χ3n) is 2.60. The monoisotopic (exact) mass is 256 g/mol. The van der Waals surface area contributed by atoms with Crippen LogP contribution in [0.15, 0.2) is 29.2 Å². The average molecular weight is 256 g/mol. The summed E-state index contributed by atoms with van der Waals surface area (Å²) < 4.78 is 23.2. The molecule has 0 unspecified atom stereocenters. The minimum absolute atomic E-state index is 0.170. The van der Waals surface area contributed by atoms with Crippen LogP contribution < -0.4 is 0 Å². The fourth-order valence-corrected chi connectivity index (χ4v) is 3.11. The van der Waals surface area contributed by atoms with Crippen LogP contribution in [0, 0.1) is 6.92 Å². The smallest absolute Gasteiger partial charge is 0.304 e. The Kier molecular flexibility index (Phi) is 3.62. The lowest BCUT2D eigenvalue weighted by Gasteiger charge is -2.22. The highest BCUT2D eigenvalue weighted by molar-refractivity contribution is 7.92. The van der Waals surface area contributed by atoms with Crippen molar-refractivity contribution in [1.29, 1.82) is 0 Å². The zero-order chi connectivity index (χ0) is 13.3. The summed E-state index contributed by atoms with van der Waals surface area (Å²) in [7, 11) is -3.64. The summed E-state index contributed by atoms with van der Waals surface area (Å²) in [6.45, 7) is 4.65. The molecule has 0 fully saturated rings. The standard InChI is InChI=1S/C12H16O4S/c1-9-5-4-6-10(7-9)17(15,16)12(2,3)8-11(13)14/h4-7H,8H2,1-3H3,(H,13,14). The third-order valence-corrected chi connectivity index (χ3v) is 5.08. The van der Waals surface area contributed by atoms with Gasteiger partial charge in [-0.05, 0) is 38.5 Å². The van der Waals surface area contributed by atoms with Crippen molar-refractivity contribution in [1.82, 2.24) is 0 Å². The molecule has 5 heteroatoms. The molecule has 1 rings (SSSR count). The number of aliphatic carboxylic acids is 1. The number of rotatable bonds is 4. The SMILES string of the molecule is Cc1cccc(S(=O)(=O)C(C)(C)CC(=O)O)c1. The maximum absolute atomic E-state index is 12.3. The second-order valence-electron chi connectivity index (χ2n) is 4.65. The molecule has 0 heterocycles. The quantitative estimate of drug-likeness (QED) is 0.894. The summed E-state index contributed by atoms with van der Waals surface area (Å²) >= 11 is 0. The number of carboxylic acids is 1. The molecular weight excluding hydrogens is 240 g/mol. The lowest BCUT2D eigenvalue weighted by molar-refractivity contribution is -0.137. The van der Waals surface area contributed by atoms with Crippen LogP contribution in [0.3, 0.4) is 0 Å². The predicted molar refractivity (Wildman–Crippen MR) is 64.7 cm³/mol. The molecule has 0 radical (unpaired) electrons. The number of hydrogen-bond donors (Lipinski definition) is 1. The molecule has 0 aromatic heterocycles. The topological polar surface area (TPSA) is 71.4 Å². The summed E-state index contributed by atoms with van der Waals surface area (Å²) in [5.74, 6) is -1.12. The number of hydrogen-bond acceptors (Lipinski definition) is 3. The van der Waals surface area contributed by atoms with Crippen molar-refractivity contribution in [3.63, 3.8) is 0 Å². The summed E-state index contributed by atoms with van der Waals surface area (Å²) in [5, 5.41) is 8.75. The Morgan fingerprint density at radius 2 is 1.94 bits per heavy atom. The summed E-state index contributed by atoms with van der Waals surface area (Å²) in [6, 6.07) is 6.49. The van der Waals surface area contributed by atoms with E-state index < -0.39 is 27.0 Å². The van der Waals surface area contributed by atoms with Gasteiger partial charge in [0.2, 0.25) is 0 Å². The molecule has 0 saturated carbocycles. The van der Waals surface area contributed by atoms with Gasteiger partial charge in [-0.25, -0.2) is 8.42 Å². The van der Waals surface area contributed by atoms with Crippen LogP contribution in [0.25, 0.3) is 0 Å². The molecule has 0 aliphatic rings. The van der Waals surface area contributed by atoms with Gasteiger partial charge in [-0.15, -0.1) is 0 Å². The maximum Gasteiger partial charge on any atom is 0.304 e. The van der Waals surface area contributed by atoms with Gasteiger partial charge < -0.3 is 5.11 Å². The van der Waals surface area contributed by atoms with E-state index in [0.29, 0.717) is 0 Å². The highest BCUT2D eigenvalue weighted by Crippen LogP contribution is 2.28. The molecule has 1 aromatic carbocycles. The van der Waals surface area contributed by atoms with Crippen molar-refractivity contribution in [3.8, 4) is 0 Å². The van der Waals surface area contributed by atoms with E-state index in [9.17, 15) is 13.2 Å². The fraction of sp³-hybridized carbons (Fsp3) is 0.417. The van der Waals surface area contributed by atoms with E-state index in [1.54, 1.807) is 25.1 Å². The first-order valence-electron chi connectivity index (χ1n) is 5.20. The van der Waals surface area contributed by atoms with Crippen LogP contribution in [0.2, 0.25) is 0 Å². The number of sulfone groups is 1. The molecule has 0 bridgehead atoms. The predicted octanol–water partition coefficient (Wildman–Crippen LogP) is 2.02. The summed E-state index contributed by atoms with van der Waals surface area (Å²) in [4.78, 5) is 10.9. The van der Waals surface area contributed by atoms with Gasteiger partial charge in [-0.2, -0.15) is 0 Å². The normalized spacial score (nSPS) is 12.4. The summed E-state index contributed by atoms with van der Waals surface area (Å²) in [5.41, 5.74) is 0.831. The number of aryl methyl sites for hydroxylation is 1. The Labute approximate surface area is 101 Å². The fourth-order valence-electron chi connectivity index (χ4n) is 1.56. The Morgan fingerprint density at radius 1 is 1.35 bits per heavy atom. The molecule has 4 nitrogen and oxygen atoms in total. The van der Waals surface area contributed by atoms with E-state index in [2.05, 4.69) is 0 Å². The van der Waals surface area contributed by atoms with Gasteiger partial charge in [-0.1, -0.05) is 12.1 Å². The molecule has 17 heavy (non-hydrogen) atoms. The molecule has 0 aliphatic heterocycles. The maximum atomic E-state index is 12.3. The third kappa shape index (κ3) is 2.85. The zero-order valence-corrected chi connectivity index (χ0v) is 10.9. The van der Waals surface area contributed by atoms with E-state index >= 15 is 0 Å². The number of carbonyl (C=O) groups is 1. The Bertz CT molecular complexity index is 529. The van der Waals surface area contributed by atoms with Gasteiger partial charge in [0.05, 0.1) is 16.1 Å². The van der Waals surface area contributed by atoms with Crippen molar-refractivity contribution in [2.45, 2.75) is 36.8 Å². The van der Waals surface area contributed by atoms with Crippen LogP contribution in [0.5, 0.6) is 0 Å². The molecule has 0 spiro atoms. The van der Waals surface area contributed by atoms with Gasteiger partial charge in [0.25, 0.3) is 0 Å². The van der Waals surface area contributed by atoms with Crippen LogP contribution in [0.1, 0.15) is 25.8 Å². The lowest BCUT2D eigenvalue weighted by atomic mass is 10.1. The second kappa shape index (κ2) is 4.49. The first-order valence-corrected chi connectivity index (χ1v) is 6.68. The summed E-state index contributed by atoms with van der Waals surface area (Å²) in [6.07, 6.45) is -0.413. The van der Waals surface area contributed by atoms with Crippen molar-refractivity contribution in [2.24, 2.45) is 0 Å². The molecule has 0 amide bonds. The van der Waals surface area contributed by atoms with Crippen LogP contribution in [-0.2, 0) is 14.6 Å². The van der Waals surface area contributed by atoms with Crippen molar-refractivity contribution < 1.29 is 18.3 Å². The van der Waals surface area contributed by atoms with Crippen LogP contribution in [-0.4, -0.2) is 24.2 Å². The van der Waals surface area contributed by atoms with E-state index in [4.69, 9.17) is 5.11 Å². The van der Waals surface area contributed by atoms with Gasteiger partial charge in [0.15, 0.2) is 9.84 Å². The average Bonchev–Trinajstić information content (AvgIpc) is 2.15. The van der Waals surface area contributed by atoms with Gasteiger partial charge in [-0.3, -0.25) is 4.79 Å². The van der Waals surface area contributed by atoms with Gasteiger partial charge in [0, 0.05) is 0 Å². The van der Waals surface area contributed by atoms with E-state index in [0.717, 1.165) is 5.56 Å². The lowest BCUT2D eigenvalue weighted by Crippen LogP contribution is -2.34. The van der Waals surface area contributed by atoms with Crippen molar-refractivity contribution in [2.75, 3.05) is 0 Å². The molecule has 94 valence electrons. The first-order chi connectivity index (χ1) is 7.67. The van der Waals surface area contributed by atoms with Crippen molar-refractivity contribution >= 4 is 15.8 Å². The Hall–Kier alpha value is -1.36. The molecule has 1 N–H and O–H groups in total. The van der Waals surface area contributed by atoms with Gasteiger partial charge in [0.1, 0.15) is 0 Å². The van der Waals surface area contributed by atoms with E-state index in [-0.39, 0.29) is 4.90 Å². The number of carboxylic acid groups (broad SMARTS) is 1. The highest BCUT2D eigenvalue weighted by Gasteiger charge is 2.37. The first kappa shape index (κ1) is 13.7. The molecule has 0 aliphatic carbocycles. The van der Waals surface area contributed by atoms with Crippen molar-refractivity contribution in [3.05, 3.63) is 29.8 Å². The van der Waals surface area contributed by atoms with E-state index in [1.165, 1.54) is 19.9 Å². The van der Waals surface area contributed by atoms with Gasteiger partial charge >= 0.3 is 5.97 Å².